The van der Waals surface area contributed by atoms with Crippen LogP contribution in [0.5, 0.6) is 0 Å². The van der Waals surface area contributed by atoms with Gasteiger partial charge in [0.15, 0.2) is 0 Å². The molecule has 2 aromatic heterocycles. The molecule has 0 amide bonds. The summed E-state index contributed by atoms with van der Waals surface area (Å²) in [4.78, 5) is 20.3. The first-order chi connectivity index (χ1) is 10.7. The van der Waals surface area contributed by atoms with E-state index in [0.29, 0.717) is 12.0 Å². The van der Waals surface area contributed by atoms with Gasteiger partial charge in [0.2, 0.25) is 0 Å². The summed E-state index contributed by atoms with van der Waals surface area (Å²) in [5.41, 5.74) is 3.22. The Kier molecular flexibility index (Phi) is 4.15. The highest BCUT2D eigenvalue weighted by molar-refractivity contribution is 7.98. The van der Waals surface area contributed by atoms with E-state index >= 15 is 0 Å². The largest absolute Gasteiger partial charge is 0.298 e. The molecule has 0 aliphatic carbocycles. The molecule has 0 bridgehead atoms. The van der Waals surface area contributed by atoms with E-state index in [2.05, 4.69) is 9.97 Å². The molecule has 0 aliphatic rings. The van der Waals surface area contributed by atoms with Gasteiger partial charge in [-0.1, -0.05) is 0 Å². The second-order valence-corrected chi connectivity index (χ2v) is 5.75. The highest BCUT2D eigenvalue weighted by Crippen LogP contribution is 2.27. The molecule has 22 heavy (non-hydrogen) atoms. The number of aldehydes is 1. The Balaban J connectivity index is 2.04. The van der Waals surface area contributed by atoms with Gasteiger partial charge in [0.1, 0.15) is 12.1 Å². The van der Waals surface area contributed by atoms with Crippen molar-refractivity contribution in [3.63, 3.8) is 0 Å². The maximum absolute atomic E-state index is 13.4. The molecule has 0 spiro atoms. The maximum Gasteiger partial charge on any atom is 0.150 e. The molecule has 3 aromatic rings. The summed E-state index contributed by atoms with van der Waals surface area (Å²) >= 11 is 1.57. The normalized spacial score (nSPS) is 10.8. The van der Waals surface area contributed by atoms with Crippen molar-refractivity contribution < 1.29 is 9.18 Å². The van der Waals surface area contributed by atoms with Gasteiger partial charge in [-0.05, 0) is 42.2 Å². The molecule has 5 heteroatoms. The van der Waals surface area contributed by atoms with Crippen LogP contribution in [0.3, 0.4) is 0 Å². The Hall–Kier alpha value is -2.27. The minimum Gasteiger partial charge on any atom is -0.298 e. The van der Waals surface area contributed by atoms with Gasteiger partial charge in [-0.15, -0.1) is 11.8 Å². The number of benzene rings is 1. The number of halogens is 1. The SMILES string of the molecule is CSc1cc(Cc2cc(C=O)ccn2)cc2cc(F)cnc12. The van der Waals surface area contributed by atoms with Crippen molar-refractivity contribution in [3.8, 4) is 0 Å². The van der Waals surface area contributed by atoms with Crippen LogP contribution in [0.2, 0.25) is 0 Å². The average Bonchev–Trinajstić information content (AvgIpc) is 2.53. The maximum atomic E-state index is 13.4. The lowest BCUT2D eigenvalue weighted by Gasteiger charge is -2.08. The second-order valence-electron chi connectivity index (χ2n) is 4.90. The number of hydrogen-bond acceptors (Lipinski definition) is 4. The number of rotatable bonds is 4. The second kappa shape index (κ2) is 6.23. The summed E-state index contributed by atoms with van der Waals surface area (Å²) in [6.45, 7) is 0. The number of fused-ring (bicyclic) bond motifs is 1. The van der Waals surface area contributed by atoms with E-state index in [9.17, 15) is 9.18 Å². The standard InChI is InChI=1S/C17H13FN2OS/c1-22-16-7-12(4-13-8-14(18)9-20-17(13)16)6-15-5-11(10-21)2-3-19-15/h2-5,7-10H,6H2,1H3. The molecular formula is C17H13FN2OS. The van der Waals surface area contributed by atoms with Crippen molar-refractivity contribution in [2.24, 2.45) is 0 Å². The first-order valence-electron chi connectivity index (χ1n) is 6.72. The Morgan fingerprint density at radius 3 is 2.86 bits per heavy atom. The van der Waals surface area contributed by atoms with Crippen LogP contribution in [0.15, 0.2) is 47.6 Å². The van der Waals surface area contributed by atoms with Crippen molar-refractivity contribution in [2.45, 2.75) is 11.3 Å². The minimum absolute atomic E-state index is 0.349. The summed E-state index contributed by atoms with van der Waals surface area (Å²) in [5.74, 6) is -0.349. The van der Waals surface area contributed by atoms with Gasteiger partial charge in [-0.2, -0.15) is 0 Å². The van der Waals surface area contributed by atoms with Crippen LogP contribution in [0.4, 0.5) is 4.39 Å². The Morgan fingerprint density at radius 1 is 1.23 bits per heavy atom. The molecule has 3 nitrogen and oxygen atoms in total. The Labute approximate surface area is 131 Å². The molecule has 0 aliphatic heterocycles. The lowest BCUT2D eigenvalue weighted by atomic mass is 10.1. The van der Waals surface area contributed by atoms with Crippen LogP contribution in [-0.4, -0.2) is 22.5 Å². The number of hydrogen-bond donors (Lipinski definition) is 0. The number of aromatic nitrogens is 2. The van der Waals surface area contributed by atoms with Crippen molar-refractivity contribution in [2.75, 3.05) is 6.26 Å². The molecule has 0 unspecified atom stereocenters. The van der Waals surface area contributed by atoms with E-state index < -0.39 is 0 Å². The Bertz CT molecular complexity index is 851. The molecule has 0 fully saturated rings. The molecule has 0 saturated heterocycles. The van der Waals surface area contributed by atoms with E-state index in [-0.39, 0.29) is 5.82 Å². The molecule has 0 radical (unpaired) electrons. The lowest BCUT2D eigenvalue weighted by molar-refractivity contribution is 0.112. The van der Waals surface area contributed by atoms with Crippen molar-refractivity contribution in [1.29, 1.82) is 0 Å². The quantitative estimate of drug-likeness (QED) is 0.541. The predicted octanol–water partition coefficient (Wildman–Crippen LogP) is 3.89. The first-order valence-corrected chi connectivity index (χ1v) is 7.94. The van der Waals surface area contributed by atoms with Gasteiger partial charge in [-0.25, -0.2) is 4.39 Å². The highest BCUT2D eigenvalue weighted by atomic mass is 32.2. The van der Waals surface area contributed by atoms with Gasteiger partial charge < -0.3 is 0 Å². The molecular weight excluding hydrogens is 299 g/mol. The van der Waals surface area contributed by atoms with Crippen LogP contribution < -0.4 is 0 Å². The highest BCUT2D eigenvalue weighted by Gasteiger charge is 2.08. The van der Waals surface area contributed by atoms with E-state index in [4.69, 9.17) is 0 Å². The summed E-state index contributed by atoms with van der Waals surface area (Å²) in [6, 6.07) is 8.87. The average molecular weight is 312 g/mol. The van der Waals surface area contributed by atoms with E-state index in [1.165, 1.54) is 12.3 Å². The van der Waals surface area contributed by atoms with Crippen LogP contribution in [0.1, 0.15) is 21.6 Å². The number of carbonyl (C=O) groups excluding carboxylic acids is 1. The molecule has 0 N–H and O–H groups in total. The van der Waals surface area contributed by atoms with Gasteiger partial charge >= 0.3 is 0 Å². The number of nitrogens with zero attached hydrogens (tertiary/aromatic N) is 2. The smallest absolute Gasteiger partial charge is 0.150 e. The third-order valence-corrected chi connectivity index (χ3v) is 4.11. The minimum atomic E-state index is -0.349. The molecule has 0 atom stereocenters. The molecule has 2 heterocycles. The van der Waals surface area contributed by atoms with Gasteiger partial charge in [0, 0.05) is 34.2 Å². The van der Waals surface area contributed by atoms with Gasteiger partial charge in [0.05, 0.1) is 11.7 Å². The molecule has 0 saturated carbocycles. The van der Waals surface area contributed by atoms with Crippen LogP contribution in [-0.2, 0) is 6.42 Å². The number of thioether (sulfide) groups is 1. The van der Waals surface area contributed by atoms with Crippen LogP contribution >= 0.6 is 11.8 Å². The number of pyridine rings is 2. The van der Waals surface area contributed by atoms with Crippen molar-refractivity contribution in [1.82, 2.24) is 9.97 Å². The summed E-state index contributed by atoms with van der Waals surface area (Å²) in [6.07, 6.45) is 6.21. The molecule has 110 valence electrons. The predicted molar refractivity (Wildman–Crippen MR) is 85.9 cm³/mol. The van der Waals surface area contributed by atoms with Crippen molar-refractivity contribution >= 4 is 29.0 Å². The summed E-state index contributed by atoms with van der Waals surface area (Å²) < 4.78 is 13.4. The van der Waals surface area contributed by atoms with Crippen LogP contribution in [0, 0.1) is 5.82 Å². The van der Waals surface area contributed by atoms with Crippen molar-refractivity contribution in [3.05, 3.63) is 65.4 Å². The fourth-order valence-electron chi connectivity index (χ4n) is 2.38. The van der Waals surface area contributed by atoms with Crippen LogP contribution in [0.25, 0.3) is 10.9 Å². The molecule has 1 aromatic carbocycles. The Morgan fingerprint density at radius 2 is 2.09 bits per heavy atom. The van der Waals surface area contributed by atoms with Gasteiger partial charge in [-0.3, -0.25) is 14.8 Å². The molecule has 3 rings (SSSR count). The summed E-state index contributed by atoms with van der Waals surface area (Å²) in [7, 11) is 0. The van der Waals surface area contributed by atoms with E-state index in [1.807, 2.05) is 18.4 Å². The summed E-state index contributed by atoms with van der Waals surface area (Å²) in [5, 5.41) is 0.772. The monoisotopic (exact) mass is 312 g/mol. The zero-order chi connectivity index (χ0) is 15.5. The third-order valence-electron chi connectivity index (χ3n) is 3.36. The van der Waals surface area contributed by atoms with E-state index in [1.54, 1.807) is 30.1 Å². The fraction of sp³-hybridized carbons (Fsp3) is 0.118. The lowest BCUT2D eigenvalue weighted by Crippen LogP contribution is -1.95. The first kappa shape index (κ1) is 14.7. The number of carbonyl (C=O) groups is 1. The van der Waals surface area contributed by atoms with E-state index in [0.717, 1.165) is 33.3 Å². The fourth-order valence-corrected chi connectivity index (χ4v) is 3.02. The van der Waals surface area contributed by atoms with Gasteiger partial charge in [0.25, 0.3) is 0 Å². The third kappa shape index (κ3) is 2.99. The topological polar surface area (TPSA) is 42.9 Å². The zero-order valence-electron chi connectivity index (χ0n) is 11.9. The zero-order valence-corrected chi connectivity index (χ0v) is 12.7.